The normalized spacial score (nSPS) is 39.2. The Bertz CT molecular complexity index is 144. The molecule has 0 aromatic rings. The van der Waals surface area contributed by atoms with Gasteiger partial charge in [-0.15, -0.1) is 0 Å². The lowest BCUT2D eigenvalue weighted by molar-refractivity contribution is 0.307. The minimum Gasteiger partial charge on any atom is -0.312 e. The Kier molecular flexibility index (Phi) is 1.67. The Morgan fingerprint density at radius 2 is 2.30 bits per heavy atom. The Balaban J connectivity index is 2.03. The van der Waals surface area contributed by atoms with Gasteiger partial charge in [-0.05, 0) is 25.8 Å². The fourth-order valence-electron chi connectivity index (χ4n) is 1.73. The standard InChI is InChI=1S/C7H13N3/c1-2-7-6(8-4-1)3-5-9-10-7/h6-8H,1-5H2. The predicted octanol–water partition coefficient (Wildman–Crippen LogP) is 0.963. The molecule has 3 heteroatoms. The van der Waals surface area contributed by atoms with Crippen molar-refractivity contribution in [3.63, 3.8) is 0 Å². The quantitative estimate of drug-likeness (QED) is 0.533. The van der Waals surface area contributed by atoms with Gasteiger partial charge in [-0.2, -0.15) is 10.2 Å². The molecule has 0 spiro atoms. The second-order valence-corrected chi connectivity index (χ2v) is 3.04. The average Bonchev–Trinajstić information content (AvgIpc) is 2.05. The Morgan fingerprint density at radius 3 is 3.20 bits per heavy atom. The zero-order valence-corrected chi connectivity index (χ0v) is 6.08. The summed E-state index contributed by atoms with van der Waals surface area (Å²) in [5.74, 6) is 0. The highest BCUT2D eigenvalue weighted by Crippen LogP contribution is 2.18. The molecule has 1 saturated heterocycles. The Hall–Kier alpha value is -0.440. The van der Waals surface area contributed by atoms with Crippen LogP contribution < -0.4 is 5.32 Å². The zero-order chi connectivity index (χ0) is 6.81. The molecule has 0 amide bonds. The zero-order valence-electron chi connectivity index (χ0n) is 6.08. The predicted molar refractivity (Wildman–Crippen MR) is 39.2 cm³/mol. The third-order valence-electron chi connectivity index (χ3n) is 2.32. The van der Waals surface area contributed by atoms with Crippen molar-refractivity contribution in [3.05, 3.63) is 0 Å². The topological polar surface area (TPSA) is 36.8 Å². The van der Waals surface area contributed by atoms with E-state index < -0.39 is 0 Å². The maximum atomic E-state index is 4.21. The van der Waals surface area contributed by atoms with Gasteiger partial charge in [-0.25, -0.2) is 0 Å². The molecule has 0 aromatic heterocycles. The molecule has 2 aliphatic heterocycles. The van der Waals surface area contributed by atoms with Crippen LogP contribution in [-0.2, 0) is 0 Å². The lowest BCUT2D eigenvalue weighted by Crippen LogP contribution is -2.45. The van der Waals surface area contributed by atoms with Crippen LogP contribution in [0, 0.1) is 0 Å². The van der Waals surface area contributed by atoms with Crippen molar-refractivity contribution in [1.82, 2.24) is 5.32 Å². The first-order chi connectivity index (χ1) is 4.97. The van der Waals surface area contributed by atoms with Gasteiger partial charge in [0.25, 0.3) is 0 Å². The van der Waals surface area contributed by atoms with Crippen LogP contribution in [0.5, 0.6) is 0 Å². The number of fused-ring (bicyclic) bond motifs is 1. The van der Waals surface area contributed by atoms with Crippen molar-refractivity contribution < 1.29 is 0 Å². The second-order valence-electron chi connectivity index (χ2n) is 3.04. The largest absolute Gasteiger partial charge is 0.312 e. The molecular weight excluding hydrogens is 126 g/mol. The minimum absolute atomic E-state index is 0.502. The summed E-state index contributed by atoms with van der Waals surface area (Å²) in [7, 11) is 0. The van der Waals surface area contributed by atoms with Gasteiger partial charge in [-0.3, -0.25) is 0 Å². The summed E-state index contributed by atoms with van der Waals surface area (Å²) >= 11 is 0. The van der Waals surface area contributed by atoms with Crippen LogP contribution in [0.25, 0.3) is 0 Å². The van der Waals surface area contributed by atoms with Crippen molar-refractivity contribution in [2.24, 2.45) is 10.2 Å². The van der Waals surface area contributed by atoms with Gasteiger partial charge in [0, 0.05) is 6.04 Å². The fourth-order valence-corrected chi connectivity index (χ4v) is 1.73. The van der Waals surface area contributed by atoms with Crippen molar-refractivity contribution in [2.45, 2.75) is 31.3 Å². The third kappa shape index (κ3) is 1.06. The van der Waals surface area contributed by atoms with E-state index in [0.717, 1.165) is 6.54 Å². The number of hydrogen-bond acceptors (Lipinski definition) is 3. The Labute approximate surface area is 60.9 Å². The Morgan fingerprint density at radius 1 is 1.30 bits per heavy atom. The number of rotatable bonds is 0. The van der Waals surface area contributed by atoms with Crippen molar-refractivity contribution in [2.75, 3.05) is 13.1 Å². The van der Waals surface area contributed by atoms with Gasteiger partial charge in [0.15, 0.2) is 0 Å². The molecule has 3 nitrogen and oxygen atoms in total. The molecule has 1 N–H and O–H groups in total. The van der Waals surface area contributed by atoms with E-state index in [1.165, 1.54) is 25.8 Å². The average molecular weight is 139 g/mol. The number of hydrogen-bond donors (Lipinski definition) is 1. The van der Waals surface area contributed by atoms with E-state index in [4.69, 9.17) is 0 Å². The molecule has 1 fully saturated rings. The number of nitrogens with one attached hydrogen (secondary N) is 1. The summed E-state index contributed by atoms with van der Waals surface area (Å²) in [5, 5.41) is 11.7. The number of nitrogens with zero attached hydrogens (tertiary/aromatic N) is 2. The van der Waals surface area contributed by atoms with Gasteiger partial charge >= 0.3 is 0 Å². The van der Waals surface area contributed by atoms with Crippen LogP contribution in [-0.4, -0.2) is 25.2 Å². The summed E-state index contributed by atoms with van der Waals surface area (Å²) in [6.45, 7) is 2.10. The van der Waals surface area contributed by atoms with Crippen molar-refractivity contribution in [1.29, 1.82) is 0 Å². The highest BCUT2D eigenvalue weighted by molar-refractivity contribution is 4.88. The summed E-state index contributed by atoms with van der Waals surface area (Å²) in [5.41, 5.74) is 0. The molecule has 0 saturated carbocycles. The first-order valence-corrected chi connectivity index (χ1v) is 4.07. The fraction of sp³-hybridized carbons (Fsp3) is 1.00. The molecule has 10 heavy (non-hydrogen) atoms. The first-order valence-electron chi connectivity index (χ1n) is 4.07. The van der Waals surface area contributed by atoms with E-state index in [-0.39, 0.29) is 0 Å². The molecule has 56 valence electrons. The first kappa shape index (κ1) is 6.28. The van der Waals surface area contributed by atoms with Gasteiger partial charge in [0.1, 0.15) is 0 Å². The highest BCUT2D eigenvalue weighted by Gasteiger charge is 2.25. The van der Waals surface area contributed by atoms with E-state index in [0.29, 0.717) is 12.1 Å². The molecule has 0 radical (unpaired) electrons. The molecule has 2 aliphatic rings. The molecule has 2 heterocycles. The van der Waals surface area contributed by atoms with Crippen LogP contribution in [0.15, 0.2) is 10.2 Å². The monoisotopic (exact) mass is 139 g/mol. The van der Waals surface area contributed by atoms with Gasteiger partial charge in [0.2, 0.25) is 0 Å². The van der Waals surface area contributed by atoms with Crippen LogP contribution in [0.2, 0.25) is 0 Å². The van der Waals surface area contributed by atoms with Crippen LogP contribution >= 0.6 is 0 Å². The molecule has 2 unspecified atom stereocenters. The molecule has 0 aliphatic carbocycles. The summed E-state index contributed by atoms with van der Waals surface area (Å²) in [6, 6.07) is 1.15. The summed E-state index contributed by atoms with van der Waals surface area (Å²) in [6.07, 6.45) is 3.69. The summed E-state index contributed by atoms with van der Waals surface area (Å²) in [4.78, 5) is 0. The lowest BCUT2D eigenvalue weighted by Gasteiger charge is -2.30. The number of piperidine rings is 1. The SMILES string of the molecule is C1CNC2CCN=NC2C1. The lowest BCUT2D eigenvalue weighted by atomic mass is 9.96. The van der Waals surface area contributed by atoms with Crippen molar-refractivity contribution in [3.8, 4) is 0 Å². The van der Waals surface area contributed by atoms with E-state index in [1.807, 2.05) is 0 Å². The van der Waals surface area contributed by atoms with E-state index >= 15 is 0 Å². The molecule has 2 rings (SSSR count). The molecule has 0 bridgehead atoms. The van der Waals surface area contributed by atoms with Crippen molar-refractivity contribution >= 4 is 0 Å². The second kappa shape index (κ2) is 2.66. The molecular formula is C7H13N3. The van der Waals surface area contributed by atoms with Crippen LogP contribution in [0.1, 0.15) is 19.3 Å². The minimum atomic E-state index is 0.502. The van der Waals surface area contributed by atoms with Gasteiger partial charge < -0.3 is 5.32 Å². The summed E-state index contributed by atoms with van der Waals surface area (Å²) < 4.78 is 0. The molecule has 2 atom stereocenters. The maximum absolute atomic E-state index is 4.21. The molecule has 0 aromatic carbocycles. The van der Waals surface area contributed by atoms with E-state index in [1.54, 1.807) is 0 Å². The van der Waals surface area contributed by atoms with Gasteiger partial charge in [0.05, 0.1) is 12.6 Å². The smallest absolute Gasteiger partial charge is 0.0862 e. The van der Waals surface area contributed by atoms with Crippen LogP contribution in [0.4, 0.5) is 0 Å². The van der Waals surface area contributed by atoms with Gasteiger partial charge in [-0.1, -0.05) is 0 Å². The van der Waals surface area contributed by atoms with E-state index in [9.17, 15) is 0 Å². The maximum Gasteiger partial charge on any atom is 0.0862 e. The third-order valence-corrected chi connectivity index (χ3v) is 2.32. The highest BCUT2D eigenvalue weighted by atomic mass is 15.2. The number of azo groups is 1. The van der Waals surface area contributed by atoms with E-state index in [2.05, 4.69) is 15.5 Å². The van der Waals surface area contributed by atoms with Crippen LogP contribution in [0.3, 0.4) is 0 Å².